The average molecular weight is 283 g/mol. The first kappa shape index (κ1) is 15.1. The van der Waals surface area contributed by atoms with Gasteiger partial charge in [-0.15, -0.1) is 0 Å². The quantitative estimate of drug-likeness (QED) is 0.789. The molecule has 0 aromatic rings. The summed E-state index contributed by atoms with van der Waals surface area (Å²) in [5.74, 6) is -0.792. The van der Waals surface area contributed by atoms with Crippen LogP contribution in [0.15, 0.2) is 0 Å². The smallest absolute Gasteiger partial charge is 0.317 e. The highest BCUT2D eigenvalue weighted by Gasteiger charge is 2.50. The first-order valence-electron chi connectivity index (χ1n) is 7.49. The van der Waals surface area contributed by atoms with Crippen molar-refractivity contribution in [3.8, 4) is 0 Å². The number of carbonyl (C=O) groups is 2. The predicted molar refractivity (Wildman–Crippen MR) is 75.6 cm³/mol. The Kier molecular flexibility index (Phi) is 4.52. The number of hydrogen-bond donors (Lipinski definition) is 2. The van der Waals surface area contributed by atoms with Crippen LogP contribution in [0.4, 0.5) is 4.79 Å². The van der Waals surface area contributed by atoms with Crippen molar-refractivity contribution in [2.45, 2.75) is 39.2 Å². The van der Waals surface area contributed by atoms with Gasteiger partial charge in [0.25, 0.3) is 0 Å². The van der Waals surface area contributed by atoms with E-state index in [2.05, 4.69) is 24.1 Å². The number of nitrogens with one attached hydrogen (secondary N) is 1. The molecule has 2 N–H and O–H groups in total. The molecule has 0 aromatic carbocycles. The molecule has 0 aromatic heterocycles. The van der Waals surface area contributed by atoms with Gasteiger partial charge in [0.15, 0.2) is 0 Å². The van der Waals surface area contributed by atoms with Gasteiger partial charge in [0.1, 0.15) is 0 Å². The number of hydrogen-bond acceptors (Lipinski definition) is 3. The van der Waals surface area contributed by atoms with Gasteiger partial charge in [-0.1, -0.05) is 6.92 Å². The van der Waals surface area contributed by atoms with Gasteiger partial charge < -0.3 is 15.3 Å². The molecule has 1 heterocycles. The number of nitrogens with zero attached hydrogens (tertiary/aromatic N) is 2. The van der Waals surface area contributed by atoms with Crippen LogP contribution in [-0.4, -0.2) is 65.7 Å². The molecule has 20 heavy (non-hydrogen) atoms. The SMILES string of the molecule is CCC(C)N1CCN(C(=O)NCC2(C(=O)O)CC2)CC1. The van der Waals surface area contributed by atoms with Crippen LogP contribution < -0.4 is 5.32 Å². The second kappa shape index (κ2) is 5.99. The van der Waals surface area contributed by atoms with E-state index in [1.54, 1.807) is 4.90 Å². The molecule has 1 atom stereocenters. The lowest BCUT2D eigenvalue weighted by Crippen LogP contribution is -2.54. The van der Waals surface area contributed by atoms with Crippen molar-refractivity contribution < 1.29 is 14.7 Å². The molecular formula is C14H25N3O3. The fourth-order valence-corrected chi connectivity index (χ4v) is 2.60. The van der Waals surface area contributed by atoms with E-state index in [1.807, 2.05) is 0 Å². The maximum atomic E-state index is 12.0. The molecule has 1 saturated heterocycles. The van der Waals surface area contributed by atoms with Gasteiger partial charge >= 0.3 is 12.0 Å². The van der Waals surface area contributed by atoms with Crippen LogP contribution in [0.5, 0.6) is 0 Å². The lowest BCUT2D eigenvalue weighted by atomic mass is 10.1. The molecular weight excluding hydrogens is 258 g/mol. The lowest BCUT2D eigenvalue weighted by molar-refractivity contribution is -0.143. The molecule has 1 unspecified atom stereocenters. The Hall–Kier alpha value is -1.30. The van der Waals surface area contributed by atoms with E-state index in [0.717, 1.165) is 32.6 Å². The van der Waals surface area contributed by atoms with E-state index in [9.17, 15) is 9.59 Å². The van der Waals surface area contributed by atoms with E-state index in [4.69, 9.17) is 5.11 Å². The van der Waals surface area contributed by atoms with Crippen LogP contribution in [0.3, 0.4) is 0 Å². The number of carbonyl (C=O) groups excluding carboxylic acids is 1. The van der Waals surface area contributed by atoms with Gasteiger partial charge in [0.05, 0.1) is 5.41 Å². The average Bonchev–Trinajstić information content (AvgIpc) is 3.25. The molecule has 0 bridgehead atoms. The standard InChI is InChI=1S/C14H25N3O3/c1-3-11(2)16-6-8-17(9-7-16)13(20)15-10-14(4-5-14)12(18)19/h11H,3-10H2,1-2H3,(H,15,20)(H,18,19). The largest absolute Gasteiger partial charge is 0.481 e. The maximum absolute atomic E-state index is 12.0. The van der Waals surface area contributed by atoms with Crippen LogP contribution in [0, 0.1) is 5.41 Å². The van der Waals surface area contributed by atoms with Crippen LogP contribution in [0.2, 0.25) is 0 Å². The van der Waals surface area contributed by atoms with Crippen molar-refractivity contribution in [3.05, 3.63) is 0 Å². The fraction of sp³-hybridized carbons (Fsp3) is 0.857. The Labute approximate surface area is 120 Å². The topological polar surface area (TPSA) is 72.9 Å². The van der Waals surface area contributed by atoms with Crippen LogP contribution >= 0.6 is 0 Å². The summed E-state index contributed by atoms with van der Waals surface area (Å²) in [6, 6.07) is 0.434. The third-order valence-corrected chi connectivity index (χ3v) is 4.70. The van der Waals surface area contributed by atoms with Gasteiger partial charge in [-0.25, -0.2) is 4.79 Å². The molecule has 1 aliphatic carbocycles. The third-order valence-electron chi connectivity index (χ3n) is 4.70. The molecule has 114 valence electrons. The monoisotopic (exact) mass is 283 g/mol. The van der Waals surface area contributed by atoms with Gasteiger partial charge in [0.2, 0.25) is 0 Å². The molecule has 2 amide bonds. The summed E-state index contributed by atoms with van der Waals surface area (Å²) < 4.78 is 0. The normalized spacial score (nSPS) is 23.2. The summed E-state index contributed by atoms with van der Waals surface area (Å²) >= 11 is 0. The van der Waals surface area contributed by atoms with E-state index in [1.165, 1.54) is 0 Å². The van der Waals surface area contributed by atoms with Crippen LogP contribution in [-0.2, 0) is 4.79 Å². The number of rotatable bonds is 5. The minimum atomic E-state index is -0.792. The number of carboxylic acid groups (broad SMARTS) is 1. The van der Waals surface area contributed by atoms with Gasteiger partial charge in [0, 0.05) is 38.8 Å². The Morgan fingerprint density at radius 1 is 1.25 bits per heavy atom. The summed E-state index contributed by atoms with van der Waals surface area (Å²) in [6.45, 7) is 7.86. The highest BCUT2D eigenvalue weighted by molar-refractivity contribution is 5.80. The van der Waals surface area contributed by atoms with E-state index in [-0.39, 0.29) is 12.6 Å². The summed E-state index contributed by atoms with van der Waals surface area (Å²) in [5.41, 5.74) is -0.686. The minimum absolute atomic E-state index is 0.124. The Balaban J connectivity index is 1.74. The maximum Gasteiger partial charge on any atom is 0.317 e. The van der Waals surface area contributed by atoms with Gasteiger partial charge in [-0.3, -0.25) is 9.69 Å². The minimum Gasteiger partial charge on any atom is -0.481 e. The van der Waals surface area contributed by atoms with Crippen molar-refractivity contribution in [2.75, 3.05) is 32.7 Å². The van der Waals surface area contributed by atoms with Gasteiger partial charge in [-0.05, 0) is 26.2 Å². The van der Waals surface area contributed by atoms with Crippen LogP contribution in [0.1, 0.15) is 33.1 Å². The summed E-state index contributed by atoms with van der Waals surface area (Å²) in [5, 5.41) is 11.9. The predicted octanol–water partition coefficient (Wildman–Crippen LogP) is 0.977. The first-order valence-corrected chi connectivity index (χ1v) is 7.49. The Morgan fingerprint density at radius 3 is 2.30 bits per heavy atom. The summed E-state index contributed by atoms with van der Waals surface area (Å²) in [6.07, 6.45) is 2.46. The van der Waals surface area contributed by atoms with E-state index in [0.29, 0.717) is 18.9 Å². The lowest BCUT2D eigenvalue weighted by Gasteiger charge is -2.37. The fourth-order valence-electron chi connectivity index (χ4n) is 2.60. The second-order valence-corrected chi connectivity index (χ2v) is 6.02. The molecule has 2 aliphatic rings. The van der Waals surface area contributed by atoms with Crippen molar-refractivity contribution in [1.29, 1.82) is 0 Å². The van der Waals surface area contributed by atoms with Crippen molar-refractivity contribution in [2.24, 2.45) is 5.41 Å². The number of urea groups is 1. The van der Waals surface area contributed by atoms with Crippen molar-refractivity contribution in [3.63, 3.8) is 0 Å². The zero-order chi connectivity index (χ0) is 14.8. The zero-order valence-electron chi connectivity index (χ0n) is 12.4. The van der Waals surface area contributed by atoms with Crippen LogP contribution in [0.25, 0.3) is 0 Å². The molecule has 2 rings (SSSR count). The number of carboxylic acids is 1. The highest BCUT2D eigenvalue weighted by atomic mass is 16.4. The highest BCUT2D eigenvalue weighted by Crippen LogP contribution is 2.45. The van der Waals surface area contributed by atoms with Crippen molar-refractivity contribution in [1.82, 2.24) is 15.1 Å². The molecule has 0 radical (unpaired) electrons. The Morgan fingerprint density at radius 2 is 1.85 bits per heavy atom. The number of aliphatic carboxylic acids is 1. The summed E-state index contributed by atoms with van der Waals surface area (Å²) in [7, 11) is 0. The third kappa shape index (κ3) is 3.23. The second-order valence-electron chi connectivity index (χ2n) is 6.02. The van der Waals surface area contributed by atoms with E-state index >= 15 is 0 Å². The molecule has 1 saturated carbocycles. The Bertz CT molecular complexity index is 374. The molecule has 2 fully saturated rings. The number of amides is 2. The first-order chi connectivity index (χ1) is 9.48. The molecule has 6 nitrogen and oxygen atoms in total. The molecule has 1 aliphatic heterocycles. The number of piperazine rings is 1. The van der Waals surface area contributed by atoms with Gasteiger partial charge in [-0.2, -0.15) is 0 Å². The molecule has 0 spiro atoms. The van der Waals surface area contributed by atoms with Crippen molar-refractivity contribution >= 4 is 12.0 Å². The van der Waals surface area contributed by atoms with E-state index < -0.39 is 11.4 Å². The zero-order valence-corrected chi connectivity index (χ0v) is 12.4. The summed E-state index contributed by atoms with van der Waals surface area (Å²) in [4.78, 5) is 27.3. The molecule has 6 heteroatoms.